The third-order valence-electron chi connectivity index (χ3n) is 4.47. The van der Waals surface area contributed by atoms with Gasteiger partial charge in [0, 0.05) is 19.7 Å². The zero-order chi connectivity index (χ0) is 20.4. The lowest BCUT2D eigenvalue weighted by Gasteiger charge is -2.14. The van der Waals surface area contributed by atoms with E-state index in [0.717, 1.165) is 11.1 Å². The van der Waals surface area contributed by atoms with Gasteiger partial charge in [0.2, 0.25) is 0 Å². The molecule has 0 bridgehead atoms. The molecule has 0 aliphatic heterocycles. The topological polar surface area (TPSA) is 50.5 Å². The zero-order valence-electron chi connectivity index (χ0n) is 16.1. The van der Waals surface area contributed by atoms with Crippen molar-refractivity contribution in [1.82, 2.24) is 14.6 Å². The van der Waals surface area contributed by atoms with E-state index in [1.807, 2.05) is 50.5 Å². The van der Waals surface area contributed by atoms with Gasteiger partial charge in [0.25, 0.3) is 5.56 Å². The standard InChI is InChI=1S/C23H19FN4O/c1-27(2)25-15-16-7-9-17(10-8-16)22-26-21-6-4-3-5-20(21)23(29)28(22)19-13-11-18(24)12-14-19/h3-15H,1-2H3. The first kappa shape index (κ1) is 18.6. The first-order chi connectivity index (χ1) is 14.0. The molecule has 0 aliphatic rings. The second-order valence-electron chi connectivity index (χ2n) is 6.78. The zero-order valence-corrected chi connectivity index (χ0v) is 16.1. The number of hydrazone groups is 1. The van der Waals surface area contributed by atoms with Crippen LogP contribution in [0.5, 0.6) is 0 Å². The highest BCUT2D eigenvalue weighted by atomic mass is 19.1. The Kier molecular flexibility index (Phi) is 4.91. The summed E-state index contributed by atoms with van der Waals surface area (Å²) in [5.41, 5.74) is 2.68. The van der Waals surface area contributed by atoms with Gasteiger partial charge in [0.05, 0.1) is 22.8 Å². The Hall–Kier alpha value is -3.80. The van der Waals surface area contributed by atoms with Crippen molar-refractivity contribution in [2.24, 2.45) is 5.10 Å². The molecule has 0 unspecified atom stereocenters. The maximum absolute atomic E-state index is 13.4. The SMILES string of the molecule is CN(C)N=Cc1ccc(-c2nc3ccccc3c(=O)n2-c2ccc(F)cc2)cc1. The average Bonchev–Trinajstić information content (AvgIpc) is 2.73. The van der Waals surface area contributed by atoms with Crippen LogP contribution in [0.15, 0.2) is 82.7 Å². The van der Waals surface area contributed by atoms with Crippen molar-refractivity contribution < 1.29 is 4.39 Å². The van der Waals surface area contributed by atoms with Crippen LogP contribution in [0, 0.1) is 5.82 Å². The van der Waals surface area contributed by atoms with Gasteiger partial charge < -0.3 is 5.01 Å². The van der Waals surface area contributed by atoms with Crippen LogP contribution in [-0.4, -0.2) is 34.9 Å². The maximum Gasteiger partial charge on any atom is 0.266 e. The van der Waals surface area contributed by atoms with Gasteiger partial charge in [-0.15, -0.1) is 0 Å². The normalized spacial score (nSPS) is 11.3. The molecule has 1 heterocycles. The second-order valence-corrected chi connectivity index (χ2v) is 6.78. The number of nitrogens with zero attached hydrogens (tertiary/aromatic N) is 4. The van der Waals surface area contributed by atoms with E-state index in [4.69, 9.17) is 4.98 Å². The number of benzene rings is 3. The van der Waals surface area contributed by atoms with Gasteiger partial charge in [-0.3, -0.25) is 9.36 Å². The summed E-state index contributed by atoms with van der Waals surface area (Å²) in [6.07, 6.45) is 1.75. The molecule has 1 aromatic heterocycles. The lowest BCUT2D eigenvalue weighted by molar-refractivity contribution is 0.440. The summed E-state index contributed by atoms with van der Waals surface area (Å²) in [5, 5.41) is 6.45. The molecule has 0 fully saturated rings. The Morgan fingerprint density at radius 3 is 2.34 bits per heavy atom. The van der Waals surface area contributed by atoms with Crippen molar-refractivity contribution in [3.05, 3.63) is 94.5 Å². The fourth-order valence-electron chi connectivity index (χ4n) is 3.06. The fraction of sp³-hybridized carbons (Fsp3) is 0.0870. The summed E-state index contributed by atoms with van der Waals surface area (Å²) in [7, 11) is 3.70. The molecular weight excluding hydrogens is 367 g/mol. The lowest BCUT2D eigenvalue weighted by atomic mass is 10.1. The van der Waals surface area contributed by atoms with Crippen molar-refractivity contribution in [3.8, 4) is 17.1 Å². The minimum atomic E-state index is -0.360. The van der Waals surface area contributed by atoms with Crippen molar-refractivity contribution in [3.63, 3.8) is 0 Å². The van der Waals surface area contributed by atoms with Crippen LogP contribution in [0.1, 0.15) is 5.56 Å². The third-order valence-corrected chi connectivity index (χ3v) is 4.47. The number of halogens is 1. The largest absolute Gasteiger partial charge is 0.303 e. The molecule has 0 saturated heterocycles. The lowest BCUT2D eigenvalue weighted by Crippen LogP contribution is -2.22. The van der Waals surface area contributed by atoms with E-state index < -0.39 is 0 Å². The van der Waals surface area contributed by atoms with Crippen LogP contribution in [-0.2, 0) is 0 Å². The van der Waals surface area contributed by atoms with E-state index in [9.17, 15) is 9.18 Å². The summed E-state index contributed by atoms with van der Waals surface area (Å²) in [6.45, 7) is 0. The Labute approximate surface area is 167 Å². The molecule has 144 valence electrons. The minimum Gasteiger partial charge on any atom is -0.303 e. The number of fused-ring (bicyclic) bond motifs is 1. The van der Waals surface area contributed by atoms with Crippen molar-refractivity contribution >= 4 is 17.1 Å². The van der Waals surface area contributed by atoms with Gasteiger partial charge in [-0.1, -0.05) is 36.4 Å². The minimum absolute atomic E-state index is 0.199. The molecule has 4 aromatic rings. The number of aromatic nitrogens is 2. The molecule has 0 radical (unpaired) electrons. The van der Waals surface area contributed by atoms with Gasteiger partial charge in [-0.2, -0.15) is 5.10 Å². The Morgan fingerprint density at radius 2 is 1.66 bits per heavy atom. The highest BCUT2D eigenvalue weighted by Gasteiger charge is 2.14. The van der Waals surface area contributed by atoms with Crippen LogP contribution >= 0.6 is 0 Å². The molecule has 0 atom stereocenters. The number of hydrogen-bond donors (Lipinski definition) is 0. The van der Waals surface area contributed by atoms with Crippen molar-refractivity contribution in [2.45, 2.75) is 0 Å². The Morgan fingerprint density at radius 1 is 0.966 bits per heavy atom. The van der Waals surface area contributed by atoms with Crippen LogP contribution in [0.2, 0.25) is 0 Å². The van der Waals surface area contributed by atoms with Crippen molar-refractivity contribution in [2.75, 3.05) is 14.1 Å². The summed E-state index contributed by atoms with van der Waals surface area (Å²) >= 11 is 0. The maximum atomic E-state index is 13.4. The van der Waals surface area contributed by atoms with E-state index in [-0.39, 0.29) is 11.4 Å². The Bertz CT molecular complexity index is 1240. The summed E-state index contributed by atoms with van der Waals surface area (Å²) in [6, 6.07) is 20.7. The van der Waals surface area contributed by atoms with E-state index >= 15 is 0 Å². The van der Waals surface area contributed by atoms with E-state index in [2.05, 4.69) is 5.10 Å². The summed E-state index contributed by atoms with van der Waals surface area (Å²) < 4.78 is 15.0. The highest BCUT2D eigenvalue weighted by Crippen LogP contribution is 2.22. The van der Waals surface area contributed by atoms with Gasteiger partial charge in [-0.25, -0.2) is 9.37 Å². The van der Waals surface area contributed by atoms with E-state index in [1.54, 1.807) is 35.5 Å². The van der Waals surface area contributed by atoms with Gasteiger partial charge >= 0.3 is 0 Å². The highest BCUT2D eigenvalue weighted by molar-refractivity contribution is 5.82. The number of rotatable bonds is 4. The molecule has 0 spiro atoms. The molecule has 3 aromatic carbocycles. The molecule has 0 amide bonds. The van der Waals surface area contributed by atoms with E-state index in [0.29, 0.717) is 22.4 Å². The summed E-state index contributed by atoms with van der Waals surface area (Å²) in [4.78, 5) is 18.0. The second kappa shape index (κ2) is 7.67. The predicted octanol–water partition coefficient (Wildman–Crippen LogP) is 4.09. The molecule has 6 heteroatoms. The average molecular weight is 386 g/mol. The summed E-state index contributed by atoms with van der Waals surface area (Å²) in [5.74, 6) is 0.137. The Balaban J connectivity index is 1.92. The van der Waals surface area contributed by atoms with Gasteiger partial charge in [0.15, 0.2) is 0 Å². The molecule has 4 rings (SSSR count). The molecule has 0 saturated carbocycles. The molecule has 5 nitrogen and oxygen atoms in total. The van der Waals surface area contributed by atoms with Crippen LogP contribution in [0.4, 0.5) is 4.39 Å². The quantitative estimate of drug-likeness (QED) is 0.392. The molecule has 29 heavy (non-hydrogen) atoms. The van der Waals surface area contributed by atoms with Crippen LogP contribution in [0.25, 0.3) is 28.0 Å². The predicted molar refractivity (Wildman–Crippen MR) is 114 cm³/mol. The first-order valence-electron chi connectivity index (χ1n) is 9.12. The van der Waals surface area contributed by atoms with Crippen molar-refractivity contribution in [1.29, 1.82) is 0 Å². The van der Waals surface area contributed by atoms with E-state index in [1.165, 1.54) is 16.7 Å². The fourth-order valence-corrected chi connectivity index (χ4v) is 3.06. The molecule has 0 N–H and O–H groups in total. The smallest absolute Gasteiger partial charge is 0.266 e. The number of para-hydroxylation sites is 1. The number of hydrogen-bond acceptors (Lipinski definition) is 4. The monoisotopic (exact) mass is 386 g/mol. The van der Waals surface area contributed by atoms with Gasteiger partial charge in [0.1, 0.15) is 11.6 Å². The first-order valence-corrected chi connectivity index (χ1v) is 9.12. The van der Waals surface area contributed by atoms with Crippen LogP contribution in [0.3, 0.4) is 0 Å². The molecule has 0 aliphatic carbocycles. The van der Waals surface area contributed by atoms with Gasteiger partial charge in [-0.05, 0) is 42.0 Å². The molecular formula is C23H19FN4O. The third kappa shape index (κ3) is 3.78. The van der Waals surface area contributed by atoms with Crippen LogP contribution < -0.4 is 5.56 Å².